The Hall–Kier alpha value is -2.21. The molecule has 170 valence electrons. The van der Waals surface area contributed by atoms with Crippen LogP contribution in [0.15, 0.2) is 35.1 Å². The van der Waals surface area contributed by atoms with E-state index in [0.29, 0.717) is 29.4 Å². The lowest BCUT2D eigenvalue weighted by Crippen LogP contribution is -2.27. The number of carbonyl (C=O) groups excluding carboxylic acids is 1. The van der Waals surface area contributed by atoms with Crippen LogP contribution in [0.25, 0.3) is 0 Å². The van der Waals surface area contributed by atoms with Gasteiger partial charge in [-0.15, -0.1) is 0 Å². The van der Waals surface area contributed by atoms with Crippen molar-refractivity contribution in [3.8, 4) is 5.75 Å². The van der Waals surface area contributed by atoms with Crippen LogP contribution >= 0.6 is 38.5 Å². The first kappa shape index (κ1) is 24.4. The van der Waals surface area contributed by atoms with E-state index in [1.54, 1.807) is 23.1 Å². The molecule has 0 saturated heterocycles. The summed E-state index contributed by atoms with van der Waals surface area (Å²) in [5, 5.41) is 7.56. The van der Waals surface area contributed by atoms with Gasteiger partial charge in [0.15, 0.2) is 11.6 Å². The lowest BCUT2D eigenvalue weighted by atomic mass is 9.92. The van der Waals surface area contributed by atoms with Crippen LogP contribution in [0.5, 0.6) is 5.75 Å². The average molecular weight is 613 g/mol. The van der Waals surface area contributed by atoms with Crippen molar-refractivity contribution in [1.29, 1.82) is 0 Å². The number of nitrogens with one attached hydrogen (secondary N) is 1. The van der Waals surface area contributed by atoms with E-state index < -0.39 is 6.10 Å². The Bertz CT molecular complexity index is 1140. The fourth-order valence-corrected chi connectivity index (χ4v) is 4.66. The number of hydrogen-bond acceptors (Lipinski definition) is 6. The number of halogens is 2. The molecule has 0 aliphatic heterocycles. The van der Waals surface area contributed by atoms with E-state index in [0.717, 1.165) is 19.4 Å². The average Bonchev–Trinajstić information content (AvgIpc) is 3.02. The van der Waals surface area contributed by atoms with Crippen LogP contribution in [0.4, 0.5) is 5.82 Å². The molecule has 10 heteroatoms. The van der Waals surface area contributed by atoms with Crippen molar-refractivity contribution >= 4 is 50.2 Å². The van der Waals surface area contributed by atoms with E-state index in [9.17, 15) is 4.79 Å². The number of hydrogen-bond donors (Lipinski definition) is 2. The quantitative estimate of drug-likeness (QED) is 0.396. The zero-order valence-corrected chi connectivity index (χ0v) is 22.4. The maximum Gasteiger partial charge on any atom is 0.270 e. The highest BCUT2D eigenvalue weighted by molar-refractivity contribution is 14.1. The van der Waals surface area contributed by atoms with E-state index in [1.807, 2.05) is 26.1 Å². The maximum atomic E-state index is 13.0. The third-order valence-electron chi connectivity index (χ3n) is 4.87. The molecule has 0 saturated carbocycles. The standard InChI is InChI=1S/C22H26BrIN6O2/c1-12(32-16-9-13(24)10-27-20(16)25)14-7-6-8-26-18(14)21(31)28-11-15-17(23)19(22(2,3)4)29-30(15)5/h6-10,12H,11H2,1-5H3,(H2,25,27)(H,28,31). The summed E-state index contributed by atoms with van der Waals surface area (Å²) in [5.41, 5.74) is 8.59. The van der Waals surface area contributed by atoms with Crippen LogP contribution in [0.3, 0.4) is 0 Å². The number of aryl methyl sites for hydroxylation is 1. The molecule has 0 aromatic carbocycles. The van der Waals surface area contributed by atoms with Gasteiger partial charge < -0.3 is 15.8 Å². The molecule has 3 N–H and O–H groups in total. The number of pyridine rings is 2. The zero-order valence-electron chi connectivity index (χ0n) is 18.6. The Labute approximate surface area is 209 Å². The molecule has 0 aliphatic rings. The molecule has 1 atom stereocenters. The van der Waals surface area contributed by atoms with E-state index >= 15 is 0 Å². The number of anilines is 1. The molecule has 3 aromatic heterocycles. The van der Waals surface area contributed by atoms with Crippen LogP contribution in [0, 0.1) is 3.57 Å². The van der Waals surface area contributed by atoms with Crippen LogP contribution < -0.4 is 15.8 Å². The van der Waals surface area contributed by atoms with Gasteiger partial charge in [0.25, 0.3) is 5.91 Å². The van der Waals surface area contributed by atoms with E-state index in [1.165, 1.54) is 0 Å². The second-order valence-corrected chi connectivity index (χ2v) is 10.4. The Kier molecular flexibility index (Phi) is 7.43. The molecule has 1 unspecified atom stereocenters. The molecule has 8 nitrogen and oxygen atoms in total. The fourth-order valence-electron chi connectivity index (χ4n) is 3.17. The van der Waals surface area contributed by atoms with Crippen molar-refractivity contribution in [3.05, 3.63) is 61.3 Å². The summed E-state index contributed by atoms with van der Waals surface area (Å²) in [7, 11) is 1.86. The molecule has 3 rings (SSSR count). The molecule has 3 heterocycles. The molecular formula is C22H26BrIN6O2. The zero-order chi connectivity index (χ0) is 23.6. The number of aromatic nitrogens is 4. The Morgan fingerprint density at radius 3 is 2.75 bits per heavy atom. The number of rotatable bonds is 6. The van der Waals surface area contributed by atoms with Gasteiger partial charge in [-0.2, -0.15) is 5.10 Å². The smallest absolute Gasteiger partial charge is 0.270 e. The van der Waals surface area contributed by atoms with Crippen LogP contribution in [-0.4, -0.2) is 25.7 Å². The van der Waals surface area contributed by atoms with E-state index in [-0.39, 0.29) is 11.3 Å². The third-order valence-corrected chi connectivity index (χ3v) is 6.30. The topological polar surface area (TPSA) is 108 Å². The Morgan fingerprint density at radius 2 is 2.09 bits per heavy atom. The number of carbonyl (C=O) groups is 1. The van der Waals surface area contributed by atoms with Gasteiger partial charge in [-0.05, 0) is 57.6 Å². The summed E-state index contributed by atoms with van der Waals surface area (Å²) in [6.45, 7) is 8.44. The highest BCUT2D eigenvalue weighted by Gasteiger charge is 2.25. The number of ether oxygens (including phenoxy) is 1. The normalized spacial score (nSPS) is 12.5. The maximum absolute atomic E-state index is 13.0. The molecule has 0 fully saturated rings. The molecule has 0 bridgehead atoms. The summed E-state index contributed by atoms with van der Waals surface area (Å²) in [6, 6.07) is 5.40. The summed E-state index contributed by atoms with van der Waals surface area (Å²) in [6.07, 6.45) is 2.80. The SMILES string of the molecule is CC(Oc1cc(I)cnc1N)c1cccnc1C(=O)NCc1c(Br)c(C(C)(C)C)nn1C. The lowest BCUT2D eigenvalue weighted by molar-refractivity contribution is 0.0939. The second kappa shape index (κ2) is 9.74. The first-order valence-corrected chi connectivity index (χ1v) is 11.9. The summed E-state index contributed by atoms with van der Waals surface area (Å²) >= 11 is 5.79. The van der Waals surface area contributed by atoms with Gasteiger partial charge in [-0.3, -0.25) is 14.5 Å². The van der Waals surface area contributed by atoms with Gasteiger partial charge in [0, 0.05) is 34.0 Å². The minimum Gasteiger partial charge on any atom is -0.482 e. The predicted octanol–water partition coefficient (Wildman–Crippen LogP) is 4.53. The highest BCUT2D eigenvalue weighted by Crippen LogP contribution is 2.31. The molecule has 0 spiro atoms. The first-order valence-electron chi connectivity index (χ1n) is 10.0. The van der Waals surface area contributed by atoms with Crippen LogP contribution in [0.2, 0.25) is 0 Å². The minimum atomic E-state index is -0.456. The molecule has 32 heavy (non-hydrogen) atoms. The molecule has 3 aromatic rings. The van der Waals surface area contributed by atoms with Crippen molar-refractivity contribution in [2.45, 2.75) is 45.8 Å². The van der Waals surface area contributed by atoms with Gasteiger partial charge in [0.1, 0.15) is 11.8 Å². The summed E-state index contributed by atoms with van der Waals surface area (Å²) in [5.74, 6) is 0.464. The Balaban J connectivity index is 1.79. The summed E-state index contributed by atoms with van der Waals surface area (Å²) in [4.78, 5) is 21.5. The van der Waals surface area contributed by atoms with Crippen molar-refractivity contribution < 1.29 is 9.53 Å². The Morgan fingerprint density at radius 1 is 1.38 bits per heavy atom. The molecule has 0 radical (unpaired) electrons. The van der Waals surface area contributed by atoms with Gasteiger partial charge in [0.2, 0.25) is 0 Å². The van der Waals surface area contributed by atoms with Crippen molar-refractivity contribution in [2.75, 3.05) is 5.73 Å². The van der Waals surface area contributed by atoms with Crippen molar-refractivity contribution in [3.63, 3.8) is 0 Å². The molecule has 1 amide bonds. The number of nitrogens with zero attached hydrogens (tertiary/aromatic N) is 4. The number of nitrogens with two attached hydrogens (primary N) is 1. The van der Waals surface area contributed by atoms with Gasteiger partial charge >= 0.3 is 0 Å². The van der Waals surface area contributed by atoms with Crippen LogP contribution in [0.1, 0.15) is 61.2 Å². The summed E-state index contributed by atoms with van der Waals surface area (Å²) < 4.78 is 9.59. The number of nitrogen functional groups attached to an aromatic ring is 1. The van der Waals surface area contributed by atoms with Crippen LogP contribution in [-0.2, 0) is 19.0 Å². The van der Waals surface area contributed by atoms with Crippen molar-refractivity contribution in [1.82, 2.24) is 25.1 Å². The third kappa shape index (κ3) is 5.40. The minimum absolute atomic E-state index is 0.119. The number of amides is 1. The monoisotopic (exact) mass is 612 g/mol. The fraction of sp³-hybridized carbons (Fsp3) is 0.364. The first-order chi connectivity index (χ1) is 15.0. The van der Waals surface area contributed by atoms with Gasteiger partial charge in [-0.1, -0.05) is 26.8 Å². The van der Waals surface area contributed by atoms with E-state index in [2.05, 4.69) is 79.7 Å². The van der Waals surface area contributed by atoms with Gasteiger partial charge in [-0.25, -0.2) is 4.98 Å². The largest absolute Gasteiger partial charge is 0.482 e. The van der Waals surface area contributed by atoms with Crippen molar-refractivity contribution in [2.24, 2.45) is 7.05 Å². The molecular weight excluding hydrogens is 587 g/mol. The highest BCUT2D eigenvalue weighted by atomic mass is 127. The molecule has 0 aliphatic carbocycles. The lowest BCUT2D eigenvalue weighted by Gasteiger charge is -2.18. The van der Waals surface area contributed by atoms with E-state index in [4.69, 9.17) is 10.5 Å². The predicted molar refractivity (Wildman–Crippen MR) is 135 cm³/mol. The second-order valence-electron chi connectivity index (χ2n) is 8.40. The van der Waals surface area contributed by atoms with Gasteiger partial charge in [0.05, 0.1) is 22.4 Å².